The number of hydrogen-bond acceptors (Lipinski definition) is 3. The van der Waals surface area contributed by atoms with E-state index in [1.807, 2.05) is 54.6 Å². The smallest absolute Gasteiger partial charge is 0.264 e. The second-order valence-corrected chi connectivity index (χ2v) is 7.37. The Kier molecular flexibility index (Phi) is 5.04. The molecule has 0 radical (unpaired) electrons. The topological polar surface area (TPSA) is 38.1 Å². The van der Waals surface area contributed by atoms with E-state index < -0.39 is 0 Å². The van der Waals surface area contributed by atoms with Crippen LogP contribution in [0.5, 0.6) is 0 Å². The molecule has 0 saturated carbocycles. The van der Waals surface area contributed by atoms with Gasteiger partial charge in [0.2, 0.25) is 0 Å². The van der Waals surface area contributed by atoms with E-state index >= 15 is 0 Å². The quantitative estimate of drug-likeness (QED) is 0.612. The van der Waals surface area contributed by atoms with Crippen LogP contribution < -0.4 is 0 Å². The lowest BCUT2D eigenvalue weighted by atomic mass is 10.2. The Hall–Kier alpha value is -2.40. The van der Waals surface area contributed by atoms with Gasteiger partial charge in [-0.25, -0.2) is 0 Å². The lowest BCUT2D eigenvalue weighted by Crippen LogP contribution is -2.31. The van der Waals surface area contributed by atoms with Crippen LogP contribution >= 0.6 is 11.3 Å². The summed E-state index contributed by atoms with van der Waals surface area (Å²) < 4.78 is 2.00. The second kappa shape index (κ2) is 7.23. The van der Waals surface area contributed by atoms with Crippen molar-refractivity contribution in [1.82, 2.24) is 14.7 Å². The van der Waals surface area contributed by atoms with Gasteiger partial charge in [-0.05, 0) is 32.4 Å². The van der Waals surface area contributed by atoms with Crippen molar-refractivity contribution in [1.29, 1.82) is 0 Å². The Morgan fingerprint density at radius 1 is 1.32 bits per heavy atom. The van der Waals surface area contributed by atoms with Crippen LogP contribution in [0.15, 0.2) is 48.6 Å². The van der Waals surface area contributed by atoms with E-state index in [1.165, 1.54) is 16.9 Å². The molecule has 0 aliphatic rings. The molecule has 0 bridgehead atoms. The maximum atomic E-state index is 12.8. The molecule has 3 rings (SSSR count). The fourth-order valence-electron chi connectivity index (χ4n) is 2.89. The Morgan fingerprint density at radius 2 is 2.04 bits per heavy atom. The third-order valence-electron chi connectivity index (χ3n) is 4.12. The SMILES string of the molecule is C=C(C)CN(CC)C(=O)c1cc2c(C)nn(Cc3ccccc3)c2s1. The molecule has 0 N–H and O–H groups in total. The zero-order valence-electron chi connectivity index (χ0n) is 15.0. The van der Waals surface area contributed by atoms with Crippen molar-refractivity contribution in [3.63, 3.8) is 0 Å². The molecule has 130 valence electrons. The largest absolute Gasteiger partial charge is 0.334 e. The van der Waals surface area contributed by atoms with Crippen LogP contribution in [0, 0.1) is 6.92 Å². The zero-order chi connectivity index (χ0) is 18.0. The predicted octanol–water partition coefficient (Wildman–Crippen LogP) is 4.49. The van der Waals surface area contributed by atoms with Gasteiger partial charge < -0.3 is 4.90 Å². The first kappa shape index (κ1) is 17.4. The summed E-state index contributed by atoms with van der Waals surface area (Å²) in [6, 6.07) is 12.2. The van der Waals surface area contributed by atoms with Crippen molar-refractivity contribution in [3.05, 3.63) is 64.7 Å². The third kappa shape index (κ3) is 3.66. The van der Waals surface area contributed by atoms with Crippen LogP contribution in [0.4, 0.5) is 0 Å². The molecule has 0 atom stereocenters. The predicted molar refractivity (Wildman–Crippen MR) is 104 cm³/mol. The number of aromatic nitrogens is 2. The lowest BCUT2D eigenvalue weighted by Gasteiger charge is -2.19. The van der Waals surface area contributed by atoms with E-state index in [-0.39, 0.29) is 5.91 Å². The molecular weight excluding hydrogens is 330 g/mol. The Labute approximate surface area is 152 Å². The van der Waals surface area contributed by atoms with Crippen molar-refractivity contribution in [2.24, 2.45) is 0 Å². The van der Waals surface area contributed by atoms with Gasteiger partial charge in [-0.3, -0.25) is 9.48 Å². The normalized spacial score (nSPS) is 11.0. The monoisotopic (exact) mass is 353 g/mol. The number of nitrogens with zero attached hydrogens (tertiary/aromatic N) is 3. The average Bonchev–Trinajstić information content (AvgIpc) is 3.15. The molecule has 1 amide bonds. The number of likely N-dealkylation sites (N-methyl/N-ethyl adjacent to an activating group) is 1. The highest BCUT2D eigenvalue weighted by Gasteiger charge is 2.20. The van der Waals surface area contributed by atoms with Crippen molar-refractivity contribution < 1.29 is 4.79 Å². The Balaban J connectivity index is 1.93. The minimum absolute atomic E-state index is 0.0670. The maximum Gasteiger partial charge on any atom is 0.264 e. The summed E-state index contributed by atoms with van der Waals surface area (Å²) in [6.07, 6.45) is 0. The number of thiophene rings is 1. The summed E-state index contributed by atoms with van der Waals surface area (Å²) in [5, 5.41) is 5.71. The van der Waals surface area contributed by atoms with Gasteiger partial charge in [0.15, 0.2) is 0 Å². The molecule has 1 aromatic carbocycles. The van der Waals surface area contributed by atoms with E-state index in [4.69, 9.17) is 0 Å². The molecular formula is C20H23N3OS. The summed E-state index contributed by atoms with van der Waals surface area (Å²) in [5.74, 6) is 0.0670. The molecule has 0 aliphatic heterocycles. The minimum atomic E-state index is 0.0670. The maximum absolute atomic E-state index is 12.8. The first-order valence-electron chi connectivity index (χ1n) is 8.44. The van der Waals surface area contributed by atoms with E-state index in [9.17, 15) is 4.79 Å². The number of amides is 1. The van der Waals surface area contributed by atoms with E-state index in [0.29, 0.717) is 19.6 Å². The summed E-state index contributed by atoms with van der Waals surface area (Å²) in [5.41, 5.74) is 3.15. The zero-order valence-corrected chi connectivity index (χ0v) is 15.8. The highest BCUT2D eigenvalue weighted by Crippen LogP contribution is 2.29. The van der Waals surface area contributed by atoms with Gasteiger partial charge in [0.1, 0.15) is 4.83 Å². The van der Waals surface area contributed by atoms with Crippen LogP contribution in [0.3, 0.4) is 0 Å². The minimum Gasteiger partial charge on any atom is -0.334 e. The van der Waals surface area contributed by atoms with Crippen molar-refractivity contribution >= 4 is 27.5 Å². The fourth-order valence-corrected chi connectivity index (χ4v) is 4.02. The van der Waals surface area contributed by atoms with E-state index in [2.05, 4.69) is 23.8 Å². The molecule has 2 aromatic heterocycles. The van der Waals surface area contributed by atoms with Crippen LogP contribution in [0.2, 0.25) is 0 Å². The number of hydrogen-bond donors (Lipinski definition) is 0. The third-order valence-corrected chi connectivity index (χ3v) is 5.26. The van der Waals surface area contributed by atoms with Crippen molar-refractivity contribution in [3.8, 4) is 0 Å². The molecule has 4 nitrogen and oxygen atoms in total. The Morgan fingerprint density at radius 3 is 2.68 bits per heavy atom. The van der Waals surface area contributed by atoms with Gasteiger partial charge in [0, 0.05) is 18.5 Å². The first-order valence-corrected chi connectivity index (χ1v) is 9.25. The van der Waals surface area contributed by atoms with E-state index in [1.54, 1.807) is 0 Å². The molecule has 0 aliphatic carbocycles. The molecule has 0 fully saturated rings. The number of aryl methyl sites for hydroxylation is 1. The van der Waals surface area contributed by atoms with Gasteiger partial charge in [-0.15, -0.1) is 11.3 Å². The van der Waals surface area contributed by atoms with Gasteiger partial charge >= 0.3 is 0 Å². The highest BCUT2D eigenvalue weighted by molar-refractivity contribution is 7.20. The average molecular weight is 353 g/mol. The number of fused-ring (bicyclic) bond motifs is 1. The van der Waals surface area contributed by atoms with Crippen molar-refractivity contribution in [2.45, 2.75) is 27.3 Å². The van der Waals surface area contributed by atoms with Crippen LogP contribution in [0.25, 0.3) is 10.2 Å². The van der Waals surface area contributed by atoms with Gasteiger partial charge in [-0.2, -0.15) is 5.10 Å². The first-order chi connectivity index (χ1) is 12.0. The number of rotatable bonds is 6. The second-order valence-electron chi connectivity index (χ2n) is 6.33. The molecule has 25 heavy (non-hydrogen) atoms. The van der Waals surface area contributed by atoms with Gasteiger partial charge in [-0.1, -0.05) is 42.5 Å². The summed E-state index contributed by atoms with van der Waals surface area (Å²) >= 11 is 1.52. The standard InChI is InChI=1S/C20H23N3OS/c1-5-22(12-14(2)3)19(24)18-11-17-15(4)21-23(20(17)25-18)13-16-9-7-6-8-10-16/h6-11H,2,5,12-13H2,1,3-4H3. The summed E-state index contributed by atoms with van der Waals surface area (Å²) in [6.45, 7) is 11.8. The molecule has 0 spiro atoms. The number of carbonyl (C=O) groups is 1. The Bertz CT molecular complexity index is 908. The number of carbonyl (C=O) groups excluding carboxylic acids is 1. The van der Waals surface area contributed by atoms with Crippen LogP contribution in [0.1, 0.15) is 34.8 Å². The van der Waals surface area contributed by atoms with E-state index in [0.717, 1.165) is 26.4 Å². The van der Waals surface area contributed by atoms with Gasteiger partial charge in [0.25, 0.3) is 5.91 Å². The highest BCUT2D eigenvalue weighted by atomic mass is 32.1. The molecule has 2 heterocycles. The summed E-state index contributed by atoms with van der Waals surface area (Å²) in [7, 11) is 0. The molecule has 0 unspecified atom stereocenters. The summed E-state index contributed by atoms with van der Waals surface area (Å²) in [4.78, 5) is 16.5. The number of benzene rings is 1. The molecule has 5 heteroatoms. The molecule has 0 saturated heterocycles. The van der Waals surface area contributed by atoms with Crippen LogP contribution in [-0.4, -0.2) is 33.7 Å². The fraction of sp³-hybridized carbons (Fsp3) is 0.300. The lowest BCUT2D eigenvalue weighted by molar-refractivity contribution is 0.0783. The van der Waals surface area contributed by atoms with Crippen LogP contribution in [-0.2, 0) is 6.54 Å². The van der Waals surface area contributed by atoms with Crippen molar-refractivity contribution in [2.75, 3.05) is 13.1 Å². The molecule has 3 aromatic rings. The van der Waals surface area contributed by atoms with Gasteiger partial charge in [0.05, 0.1) is 17.1 Å².